The first-order valence-corrected chi connectivity index (χ1v) is 15.1. The van der Waals surface area contributed by atoms with Crippen molar-refractivity contribution in [3.05, 3.63) is 144 Å². The van der Waals surface area contributed by atoms with Gasteiger partial charge in [0.1, 0.15) is 11.0 Å². The Morgan fingerprint density at radius 3 is 1.33 bits per heavy atom. The summed E-state index contributed by atoms with van der Waals surface area (Å²) in [4.78, 5) is 21.8. The van der Waals surface area contributed by atoms with Gasteiger partial charge in [0, 0.05) is 11.1 Å². The van der Waals surface area contributed by atoms with Gasteiger partial charge in [-0.2, -0.15) is 0 Å². The summed E-state index contributed by atoms with van der Waals surface area (Å²) in [6, 6.07) is 36.3. The number of carbonyl (C=O) groups is 2. The van der Waals surface area contributed by atoms with Gasteiger partial charge in [-0.15, -0.1) is 0 Å². The maximum atomic E-state index is 12.4. The van der Waals surface area contributed by atoms with E-state index in [0.29, 0.717) is 11.1 Å². The topological polar surface area (TPSA) is 138 Å². The SMILES string of the molecule is NC(=O)CS(=O)(=O)C(c1ccccc1)c1ccccc1.O=C(O)C[S+]([O-])C(c1ccccc1)c1ccccc1. The molecule has 4 aromatic carbocycles. The number of benzene rings is 4. The van der Waals surface area contributed by atoms with Gasteiger partial charge in [0.05, 0.1) is 0 Å². The Bertz CT molecular complexity index is 1360. The van der Waals surface area contributed by atoms with E-state index < -0.39 is 49.1 Å². The molecule has 0 radical (unpaired) electrons. The van der Waals surface area contributed by atoms with Crippen LogP contribution in [0.2, 0.25) is 0 Å². The highest BCUT2D eigenvalue weighted by molar-refractivity contribution is 7.92. The third-order valence-electron chi connectivity index (χ3n) is 5.64. The smallest absolute Gasteiger partial charge is 0.353 e. The van der Waals surface area contributed by atoms with E-state index in [1.165, 1.54) is 0 Å². The van der Waals surface area contributed by atoms with Crippen LogP contribution in [0.3, 0.4) is 0 Å². The molecule has 0 spiro atoms. The fourth-order valence-electron chi connectivity index (χ4n) is 4.10. The van der Waals surface area contributed by atoms with Gasteiger partial charge in [-0.1, -0.05) is 121 Å². The summed E-state index contributed by atoms with van der Waals surface area (Å²) >= 11 is -1.49. The second-order valence-electron chi connectivity index (χ2n) is 8.60. The van der Waals surface area contributed by atoms with E-state index in [1.54, 1.807) is 48.5 Å². The third-order valence-corrected chi connectivity index (χ3v) is 9.19. The summed E-state index contributed by atoms with van der Waals surface area (Å²) in [5.41, 5.74) is 8.04. The van der Waals surface area contributed by atoms with Crippen molar-refractivity contribution in [2.45, 2.75) is 10.5 Å². The molecule has 0 saturated carbocycles. The molecule has 0 heterocycles. The average Bonchev–Trinajstić information content (AvgIpc) is 2.90. The van der Waals surface area contributed by atoms with Gasteiger partial charge in [0.15, 0.2) is 15.1 Å². The molecular weight excluding hydrogens is 534 g/mol. The zero-order valence-electron chi connectivity index (χ0n) is 21.0. The number of amides is 1. The summed E-state index contributed by atoms with van der Waals surface area (Å²) in [7, 11) is -3.70. The van der Waals surface area contributed by atoms with E-state index in [0.717, 1.165) is 11.1 Å². The van der Waals surface area contributed by atoms with Crippen molar-refractivity contribution in [2.75, 3.05) is 11.5 Å². The molecule has 4 aromatic rings. The Kier molecular flexibility index (Phi) is 10.9. The number of hydrogen-bond acceptors (Lipinski definition) is 5. The zero-order chi connectivity index (χ0) is 28.3. The van der Waals surface area contributed by atoms with Crippen LogP contribution in [0.4, 0.5) is 0 Å². The van der Waals surface area contributed by atoms with Crippen LogP contribution in [0.25, 0.3) is 0 Å². The fourth-order valence-corrected chi connectivity index (χ4v) is 7.14. The van der Waals surface area contributed by atoms with Gasteiger partial charge in [-0.3, -0.25) is 4.79 Å². The molecule has 1 atom stereocenters. The van der Waals surface area contributed by atoms with Crippen molar-refractivity contribution in [3.8, 4) is 0 Å². The number of nitrogens with two attached hydrogens (primary N) is 1. The molecular formula is C30H29NO6S2. The Morgan fingerprint density at radius 2 is 1.03 bits per heavy atom. The minimum atomic E-state index is -3.70. The molecule has 202 valence electrons. The van der Waals surface area contributed by atoms with E-state index in [4.69, 9.17) is 10.8 Å². The van der Waals surface area contributed by atoms with E-state index in [-0.39, 0.29) is 5.75 Å². The maximum absolute atomic E-state index is 12.4. The first-order valence-electron chi connectivity index (χ1n) is 12.0. The van der Waals surface area contributed by atoms with Crippen LogP contribution in [0.15, 0.2) is 121 Å². The van der Waals surface area contributed by atoms with E-state index in [1.807, 2.05) is 72.8 Å². The van der Waals surface area contributed by atoms with Crippen molar-refractivity contribution in [1.82, 2.24) is 0 Å². The highest BCUT2D eigenvalue weighted by Gasteiger charge is 2.30. The average molecular weight is 564 g/mol. The molecule has 3 N–H and O–H groups in total. The van der Waals surface area contributed by atoms with Crippen LogP contribution in [0, 0.1) is 0 Å². The number of aliphatic carboxylic acids is 1. The first-order chi connectivity index (χ1) is 18.7. The Labute approximate surface area is 231 Å². The van der Waals surface area contributed by atoms with Crippen LogP contribution in [0.1, 0.15) is 32.8 Å². The monoisotopic (exact) mass is 563 g/mol. The molecule has 0 aromatic heterocycles. The van der Waals surface area contributed by atoms with E-state index in [2.05, 4.69) is 0 Å². The summed E-state index contributed by atoms with van der Waals surface area (Å²) in [5, 5.41) is 7.55. The van der Waals surface area contributed by atoms with Gasteiger partial charge >= 0.3 is 5.97 Å². The normalized spacial score (nSPS) is 11.9. The molecule has 1 unspecified atom stereocenters. The summed E-state index contributed by atoms with van der Waals surface area (Å²) < 4.78 is 37.2. The molecule has 0 aliphatic rings. The molecule has 0 fully saturated rings. The first kappa shape index (κ1) is 29.6. The summed E-state index contributed by atoms with van der Waals surface area (Å²) in [6.45, 7) is 0. The fraction of sp³-hybridized carbons (Fsp3) is 0.133. The van der Waals surface area contributed by atoms with Gasteiger partial charge in [0.25, 0.3) is 0 Å². The number of sulfone groups is 1. The lowest BCUT2D eigenvalue weighted by Gasteiger charge is -2.21. The van der Waals surface area contributed by atoms with Gasteiger partial charge in [-0.25, -0.2) is 13.2 Å². The number of carbonyl (C=O) groups excluding carboxylic acids is 1. The lowest BCUT2D eigenvalue weighted by molar-refractivity contribution is -0.134. The predicted molar refractivity (Wildman–Crippen MR) is 153 cm³/mol. The standard InChI is InChI=1S/C15H15NO3S.C15H14O3S/c16-14(17)11-20(18,19)15(12-7-3-1-4-8-12)13-9-5-2-6-10-13;16-14(17)11-19(18)15(12-7-3-1-4-8-12)13-9-5-2-6-10-13/h1-10,15H,11H2,(H2,16,17);1-10,15H,11H2,(H,16,17). The maximum Gasteiger partial charge on any atom is 0.353 e. The van der Waals surface area contributed by atoms with Crippen LogP contribution >= 0.6 is 0 Å². The number of carboxylic acids is 1. The molecule has 0 bridgehead atoms. The lowest BCUT2D eigenvalue weighted by atomic mass is 10.0. The molecule has 4 rings (SSSR count). The lowest BCUT2D eigenvalue weighted by Crippen LogP contribution is -2.27. The van der Waals surface area contributed by atoms with Crippen LogP contribution in [-0.2, 0) is 30.6 Å². The highest BCUT2D eigenvalue weighted by atomic mass is 32.2. The summed E-state index contributed by atoms with van der Waals surface area (Å²) in [5.74, 6) is -2.91. The number of hydrogen-bond donors (Lipinski definition) is 2. The molecule has 0 aliphatic carbocycles. The van der Waals surface area contributed by atoms with E-state index in [9.17, 15) is 22.6 Å². The second kappa shape index (κ2) is 14.3. The number of carboxylic acid groups (broad SMARTS) is 1. The Balaban J connectivity index is 0.000000216. The quantitative estimate of drug-likeness (QED) is 0.276. The van der Waals surface area contributed by atoms with Crippen molar-refractivity contribution < 1.29 is 27.7 Å². The third kappa shape index (κ3) is 8.81. The molecule has 0 aliphatic heterocycles. The molecule has 9 heteroatoms. The van der Waals surface area contributed by atoms with Gasteiger partial charge in [-0.05, 0) is 22.3 Å². The second-order valence-corrected chi connectivity index (χ2v) is 12.2. The van der Waals surface area contributed by atoms with Gasteiger partial charge < -0.3 is 15.4 Å². The highest BCUT2D eigenvalue weighted by Crippen LogP contribution is 2.31. The van der Waals surface area contributed by atoms with Crippen molar-refractivity contribution >= 4 is 32.9 Å². The minimum absolute atomic E-state index is 0.353. The van der Waals surface area contributed by atoms with Crippen molar-refractivity contribution in [3.63, 3.8) is 0 Å². The largest absolute Gasteiger partial charge is 0.615 e. The van der Waals surface area contributed by atoms with Crippen LogP contribution in [-0.4, -0.2) is 41.5 Å². The molecule has 1 amide bonds. The Hall–Kier alpha value is -3.92. The predicted octanol–water partition coefficient (Wildman–Crippen LogP) is 4.29. The van der Waals surface area contributed by atoms with Crippen molar-refractivity contribution in [2.24, 2.45) is 5.73 Å². The summed E-state index contributed by atoms with van der Waals surface area (Å²) in [6.07, 6.45) is 0. The number of rotatable bonds is 10. The van der Waals surface area contributed by atoms with Gasteiger partial charge in [0.2, 0.25) is 11.7 Å². The minimum Gasteiger partial charge on any atom is -0.615 e. The molecule has 0 saturated heterocycles. The molecule has 39 heavy (non-hydrogen) atoms. The zero-order valence-corrected chi connectivity index (χ0v) is 22.6. The molecule has 7 nitrogen and oxygen atoms in total. The van der Waals surface area contributed by atoms with Crippen molar-refractivity contribution in [1.29, 1.82) is 0 Å². The van der Waals surface area contributed by atoms with Crippen LogP contribution in [0.5, 0.6) is 0 Å². The number of primary amides is 1. The van der Waals surface area contributed by atoms with E-state index >= 15 is 0 Å². The Morgan fingerprint density at radius 1 is 0.692 bits per heavy atom. The van der Waals surface area contributed by atoms with Crippen LogP contribution < -0.4 is 5.73 Å².